The van der Waals surface area contributed by atoms with Gasteiger partial charge in [0.25, 0.3) is 5.91 Å². The second-order valence-electron chi connectivity index (χ2n) is 6.98. The number of rotatable bonds is 3. The number of nitrogens with zero attached hydrogens (tertiary/aromatic N) is 2. The van der Waals surface area contributed by atoms with E-state index in [2.05, 4.69) is 31.7 Å². The van der Waals surface area contributed by atoms with E-state index in [1.54, 1.807) is 24.3 Å². The van der Waals surface area contributed by atoms with Crippen molar-refractivity contribution in [3.63, 3.8) is 0 Å². The number of fused-ring (bicyclic) bond motifs is 1. The molecular formula is C20H14BrClF4N4O. The minimum absolute atomic E-state index is 0.0638. The van der Waals surface area contributed by atoms with Gasteiger partial charge in [-0.05, 0) is 35.9 Å². The largest absolute Gasteiger partial charge is 0.410 e. The summed E-state index contributed by atoms with van der Waals surface area (Å²) in [5, 5.41) is 9.18. The van der Waals surface area contributed by atoms with Crippen molar-refractivity contribution >= 4 is 44.9 Å². The maximum Gasteiger partial charge on any atom is 0.410 e. The number of alkyl halides is 3. The molecular weight excluding hydrogens is 504 g/mol. The highest BCUT2D eigenvalue weighted by Crippen LogP contribution is 2.43. The summed E-state index contributed by atoms with van der Waals surface area (Å²) in [5.41, 5.74) is 0.544. The maximum atomic E-state index is 13.8. The fraction of sp³-hybridized carbons (Fsp3) is 0.200. The third kappa shape index (κ3) is 4.54. The molecule has 1 aromatic heterocycles. The van der Waals surface area contributed by atoms with Crippen LogP contribution in [0.1, 0.15) is 34.6 Å². The number of nitrogens with one attached hydrogen (secondary N) is 2. The van der Waals surface area contributed by atoms with E-state index in [0.717, 1.165) is 15.2 Å². The number of carbonyl (C=O) groups is 1. The number of carbonyl (C=O) groups excluding carboxylic acids is 1. The molecule has 0 spiro atoms. The molecule has 4 rings (SSSR count). The summed E-state index contributed by atoms with van der Waals surface area (Å²) >= 11 is 8.92. The Morgan fingerprint density at radius 2 is 1.90 bits per heavy atom. The standard InChI is InChI=1S/C20H14BrClF4N4O/c21-11-3-1-10(2-4-11)15-8-17(20(24,25)26)30-18(28-15)9-16(29-30)19(31)27-12-5-6-13(22)14(23)7-12/h1-7,9,15,17,28H,8H2,(H,27,31)/t15-,17-/m0/s1. The molecule has 1 amide bonds. The van der Waals surface area contributed by atoms with E-state index < -0.39 is 30.0 Å². The first-order chi connectivity index (χ1) is 14.6. The molecule has 3 aromatic rings. The monoisotopic (exact) mass is 516 g/mol. The van der Waals surface area contributed by atoms with E-state index in [1.807, 2.05) is 0 Å². The van der Waals surface area contributed by atoms with E-state index in [4.69, 9.17) is 11.6 Å². The SMILES string of the molecule is O=C(Nc1ccc(Cl)c(F)c1)c1cc2n(n1)[C@H](C(F)(F)F)C[C@@H](c1ccc(Br)cc1)N2. The van der Waals surface area contributed by atoms with Crippen molar-refractivity contribution < 1.29 is 22.4 Å². The second kappa shape index (κ2) is 8.16. The Balaban J connectivity index is 1.63. The van der Waals surface area contributed by atoms with Crippen LogP contribution in [0.3, 0.4) is 0 Å². The smallest absolute Gasteiger partial charge is 0.363 e. The normalized spacial score (nSPS) is 18.3. The lowest BCUT2D eigenvalue weighted by Crippen LogP contribution is -2.35. The van der Waals surface area contributed by atoms with Gasteiger partial charge in [0, 0.05) is 22.6 Å². The first-order valence-electron chi connectivity index (χ1n) is 9.06. The third-order valence-corrected chi connectivity index (χ3v) is 5.71. The molecule has 1 aliphatic rings. The number of amides is 1. The van der Waals surface area contributed by atoms with Gasteiger partial charge in [0.05, 0.1) is 11.1 Å². The van der Waals surface area contributed by atoms with Crippen molar-refractivity contribution in [2.75, 3.05) is 10.6 Å². The molecule has 5 nitrogen and oxygen atoms in total. The van der Waals surface area contributed by atoms with Crippen molar-refractivity contribution in [2.45, 2.75) is 24.7 Å². The summed E-state index contributed by atoms with van der Waals surface area (Å²) in [6.07, 6.45) is -4.85. The van der Waals surface area contributed by atoms with Gasteiger partial charge in [-0.3, -0.25) is 4.79 Å². The van der Waals surface area contributed by atoms with Crippen LogP contribution in [-0.2, 0) is 0 Å². The fourth-order valence-electron chi connectivity index (χ4n) is 3.37. The minimum Gasteiger partial charge on any atom is -0.363 e. The van der Waals surface area contributed by atoms with Crippen LogP contribution >= 0.6 is 27.5 Å². The Kier molecular flexibility index (Phi) is 5.69. The fourth-order valence-corrected chi connectivity index (χ4v) is 3.75. The first kappa shape index (κ1) is 21.6. The number of anilines is 2. The van der Waals surface area contributed by atoms with E-state index in [1.165, 1.54) is 18.2 Å². The maximum absolute atomic E-state index is 13.8. The van der Waals surface area contributed by atoms with Gasteiger partial charge in [-0.15, -0.1) is 0 Å². The number of hydrogen-bond donors (Lipinski definition) is 2. The Morgan fingerprint density at radius 1 is 1.19 bits per heavy atom. The lowest BCUT2D eigenvalue weighted by Gasteiger charge is -2.33. The molecule has 0 fully saturated rings. The average Bonchev–Trinajstić information content (AvgIpc) is 3.14. The lowest BCUT2D eigenvalue weighted by atomic mass is 9.97. The van der Waals surface area contributed by atoms with Crippen LogP contribution in [-0.4, -0.2) is 21.9 Å². The zero-order valence-corrected chi connectivity index (χ0v) is 17.9. The summed E-state index contributed by atoms with van der Waals surface area (Å²) in [6.45, 7) is 0. The van der Waals surface area contributed by atoms with Crippen LogP contribution in [0.25, 0.3) is 0 Å². The van der Waals surface area contributed by atoms with Gasteiger partial charge in [0.2, 0.25) is 0 Å². The van der Waals surface area contributed by atoms with Gasteiger partial charge >= 0.3 is 6.18 Å². The topological polar surface area (TPSA) is 59.0 Å². The van der Waals surface area contributed by atoms with Gasteiger partial charge in [-0.2, -0.15) is 18.3 Å². The van der Waals surface area contributed by atoms with Crippen LogP contribution in [0.15, 0.2) is 53.0 Å². The molecule has 1 aliphatic heterocycles. The van der Waals surface area contributed by atoms with Crippen molar-refractivity contribution in [1.29, 1.82) is 0 Å². The first-order valence-corrected chi connectivity index (χ1v) is 10.2. The summed E-state index contributed by atoms with van der Waals surface area (Å²) in [5.74, 6) is -1.44. The molecule has 2 atom stereocenters. The summed E-state index contributed by atoms with van der Waals surface area (Å²) in [4.78, 5) is 12.5. The highest BCUT2D eigenvalue weighted by atomic mass is 79.9. The molecule has 0 saturated carbocycles. The highest BCUT2D eigenvalue weighted by Gasteiger charge is 2.46. The predicted molar refractivity (Wildman–Crippen MR) is 112 cm³/mol. The average molecular weight is 518 g/mol. The summed E-state index contributed by atoms with van der Waals surface area (Å²) in [7, 11) is 0. The van der Waals surface area contributed by atoms with Crippen LogP contribution in [0.2, 0.25) is 5.02 Å². The van der Waals surface area contributed by atoms with Crippen LogP contribution < -0.4 is 10.6 Å². The Morgan fingerprint density at radius 3 is 2.55 bits per heavy atom. The zero-order chi connectivity index (χ0) is 22.3. The molecule has 2 aromatic carbocycles. The molecule has 0 aliphatic carbocycles. The number of aromatic nitrogens is 2. The van der Waals surface area contributed by atoms with E-state index in [0.29, 0.717) is 5.56 Å². The minimum atomic E-state index is -4.57. The van der Waals surface area contributed by atoms with Crippen LogP contribution in [0.4, 0.5) is 29.1 Å². The van der Waals surface area contributed by atoms with Gasteiger partial charge in [-0.1, -0.05) is 39.7 Å². The van der Waals surface area contributed by atoms with E-state index in [-0.39, 0.29) is 28.6 Å². The van der Waals surface area contributed by atoms with Crippen molar-refractivity contribution in [3.05, 3.63) is 75.1 Å². The van der Waals surface area contributed by atoms with E-state index in [9.17, 15) is 22.4 Å². The predicted octanol–water partition coefficient (Wildman–Crippen LogP) is 6.35. The van der Waals surface area contributed by atoms with Crippen LogP contribution in [0, 0.1) is 5.82 Å². The molecule has 162 valence electrons. The number of hydrogen-bond acceptors (Lipinski definition) is 3. The Hall–Kier alpha value is -2.59. The molecule has 2 N–H and O–H groups in total. The highest BCUT2D eigenvalue weighted by molar-refractivity contribution is 9.10. The lowest BCUT2D eigenvalue weighted by molar-refractivity contribution is -0.173. The van der Waals surface area contributed by atoms with Crippen molar-refractivity contribution in [2.24, 2.45) is 0 Å². The molecule has 11 heteroatoms. The summed E-state index contributed by atoms with van der Waals surface area (Å²) in [6, 6.07) is 9.30. The van der Waals surface area contributed by atoms with E-state index >= 15 is 0 Å². The molecule has 0 bridgehead atoms. The quantitative estimate of drug-likeness (QED) is 0.398. The Bertz CT molecular complexity index is 1130. The number of halogens is 6. The van der Waals surface area contributed by atoms with Crippen molar-refractivity contribution in [3.8, 4) is 0 Å². The van der Waals surface area contributed by atoms with Gasteiger partial charge < -0.3 is 10.6 Å². The summed E-state index contributed by atoms with van der Waals surface area (Å²) < 4.78 is 56.5. The van der Waals surface area contributed by atoms with Gasteiger partial charge in [0.1, 0.15) is 11.6 Å². The van der Waals surface area contributed by atoms with Gasteiger partial charge in [-0.25, -0.2) is 9.07 Å². The van der Waals surface area contributed by atoms with Crippen LogP contribution in [0.5, 0.6) is 0 Å². The molecule has 0 saturated heterocycles. The molecule has 2 heterocycles. The third-order valence-electron chi connectivity index (χ3n) is 4.87. The van der Waals surface area contributed by atoms with Gasteiger partial charge in [0.15, 0.2) is 11.7 Å². The molecule has 0 radical (unpaired) electrons. The Labute approximate surface area is 187 Å². The second-order valence-corrected chi connectivity index (χ2v) is 8.31. The molecule has 0 unspecified atom stereocenters. The number of benzene rings is 2. The van der Waals surface area contributed by atoms with Crippen molar-refractivity contribution in [1.82, 2.24) is 9.78 Å². The zero-order valence-electron chi connectivity index (χ0n) is 15.6. The molecule has 31 heavy (non-hydrogen) atoms.